The number of rotatable bonds is 6. The van der Waals surface area contributed by atoms with Gasteiger partial charge in [0.05, 0.1) is 0 Å². The van der Waals surface area contributed by atoms with Crippen LogP contribution in [-0.4, -0.2) is 28.6 Å². The van der Waals surface area contributed by atoms with Crippen LogP contribution in [0, 0.1) is 5.82 Å². The highest BCUT2D eigenvalue weighted by atomic mass is 79.9. The summed E-state index contributed by atoms with van der Waals surface area (Å²) in [4.78, 5) is -0.337. The fourth-order valence-corrected chi connectivity index (χ4v) is 2.92. The number of benzene rings is 1. The summed E-state index contributed by atoms with van der Waals surface area (Å²) in [6.07, 6.45) is 0.644. The van der Waals surface area contributed by atoms with E-state index >= 15 is 0 Å². The van der Waals surface area contributed by atoms with Gasteiger partial charge in [0, 0.05) is 11.0 Å². The third-order valence-electron chi connectivity index (χ3n) is 2.08. The highest BCUT2D eigenvalue weighted by Crippen LogP contribution is 2.19. The van der Waals surface area contributed by atoms with Crippen molar-refractivity contribution in [3.63, 3.8) is 0 Å². The highest BCUT2D eigenvalue weighted by Gasteiger charge is 2.18. The van der Waals surface area contributed by atoms with E-state index in [4.69, 9.17) is 0 Å². The molecule has 104 valence electrons. The van der Waals surface area contributed by atoms with Gasteiger partial charge in [0.15, 0.2) is 0 Å². The Balaban J connectivity index is 0.00000289. The van der Waals surface area contributed by atoms with Gasteiger partial charge in [-0.3, -0.25) is 0 Å². The fourth-order valence-electron chi connectivity index (χ4n) is 1.23. The summed E-state index contributed by atoms with van der Waals surface area (Å²) < 4.78 is 39.8. The second kappa shape index (κ2) is 8.06. The Bertz CT molecular complexity index is 485. The molecule has 0 atom stereocenters. The normalized spacial score (nSPS) is 11.1. The number of sulfonamides is 1. The van der Waals surface area contributed by atoms with Gasteiger partial charge in [0.25, 0.3) is 0 Å². The molecule has 18 heavy (non-hydrogen) atoms. The largest absolute Gasteiger partial charge is 0.320 e. The first-order chi connectivity index (χ1) is 7.97. The zero-order chi connectivity index (χ0) is 12.9. The lowest BCUT2D eigenvalue weighted by molar-refractivity contribution is 0.554. The lowest BCUT2D eigenvalue weighted by Crippen LogP contribution is -2.27. The number of hydrogen-bond acceptors (Lipinski definition) is 3. The smallest absolute Gasteiger partial charge is 0.243 e. The molecule has 0 saturated carbocycles. The van der Waals surface area contributed by atoms with Crippen molar-refractivity contribution in [3.8, 4) is 0 Å². The van der Waals surface area contributed by atoms with E-state index in [0.29, 0.717) is 17.4 Å². The van der Waals surface area contributed by atoms with E-state index in [1.165, 1.54) is 12.1 Å². The third kappa shape index (κ3) is 5.19. The Labute approximate surface area is 121 Å². The first kappa shape index (κ1) is 17.8. The molecule has 4 nitrogen and oxygen atoms in total. The summed E-state index contributed by atoms with van der Waals surface area (Å²) in [5.74, 6) is -0.755. The van der Waals surface area contributed by atoms with Crippen molar-refractivity contribution in [1.29, 1.82) is 0 Å². The molecule has 0 fully saturated rings. The Hall–Kier alpha value is -0.210. The van der Waals surface area contributed by atoms with E-state index in [9.17, 15) is 12.8 Å². The van der Waals surface area contributed by atoms with Gasteiger partial charge < -0.3 is 5.32 Å². The molecule has 0 unspecified atom stereocenters. The van der Waals surface area contributed by atoms with Crippen LogP contribution in [-0.2, 0) is 10.0 Å². The van der Waals surface area contributed by atoms with Crippen LogP contribution in [0.1, 0.15) is 6.42 Å². The molecule has 8 heteroatoms. The molecular weight excluding hydrogens is 347 g/mol. The van der Waals surface area contributed by atoms with E-state index in [1.54, 1.807) is 7.05 Å². The van der Waals surface area contributed by atoms with Crippen molar-refractivity contribution in [2.75, 3.05) is 20.1 Å². The first-order valence-electron chi connectivity index (χ1n) is 5.06. The van der Waals surface area contributed by atoms with Crippen molar-refractivity contribution >= 4 is 38.4 Å². The molecular formula is C10H15BrClFN2O2S. The van der Waals surface area contributed by atoms with Crippen molar-refractivity contribution in [3.05, 3.63) is 28.5 Å². The van der Waals surface area contributed by atoms with Gasteiger partial charge in [-0.05, 0) is 38.2 Å². The molecule has 0 amide bonds. The average Bonchev–Trinajstić information content (AvgIpc) is 2.28. The quantitative estimate of drug-likeness (QED) is 0.761. The van der Waals surface area contributed by atoms with E-state index in [0.717, 1.165) is 6.07 Å². The van der Waals surface area contributed by atoms with Crippen LogP contribution in [0.3, 0.4) is 0 Å². The molecule has 1 aromatic carbocycles. The Kier molecular flexibility index (Phi) is 7.97. The monoisotopic (exact) mass is 360 g/mol. The van der Waals surface area contributed by atoms with Gasteiger partial charge in [-0.2, -0.15) is 0 Å². The zero-order valence-corrected chi connectivity index (χ0v) is 13.0. The van der Waals surface area contributed by atoms with Gasteiger partial charge in [-0.25, -0.2) is 17.5 Å². The van der Waals surface area contributed by atoms with Crippen LogP contribution in [0.15, 0.2) is 27.6 Å². The van der Waals surface area contributed by atoms with Crippen molar-refractivity contribution < 1.29 is 12.8 Å². The minimum atomic E-state index is -3.78. The van der Waals surface area contributed by atoms with Crippen LogP contribution in [0.25, 0.3) is 0 Å². The van der Waals surface area contributed by atoms with Crippen LogP contribution in [0.5, 0.6) is 0 Å². The van der Waals surface area contributed by atoms with Gasteiger partial charge in [0.2, 0.25) is 10.0 Å². The van der Waals surface area contributed by atoms with Crippen molar-refractivity contribution in [2.24, 2.45) is 0 Å². The summed E-state index contributed by atoms with van der Waals surface area (Å²) in [5.41, 5.74) is 0. The standard InChI is InChI=1S/C10H14BrFN2O2S.ClH/c1-13-5-2-6-14-17(15,16)10-7-8(11)3-4-9(10)12;/h3-4,7,13-14H,2,5-6H2,1H3;1H. The van der Waals surface area contributed by atoms with Gasteiger partial charge in [-0.1, -0.05) is 15.9 Å². The predicted molar refractivity (Wildman–Crippen MR) is 75.1 cm³/mol. The topological polar surface area (TPSA) is 58.2 Å². The maximum absolute atomic E-state index is 13.4. The minimum Gasteiger partial charge on any atom is -0.320 e. The maximum atomic E-state index is 13.4. The number of hydrogen-bond donors (Lipinski definition) is 2. The SMILES string of the molecule is CNCCCNS(=O)(=O)c1cc(Br)ccc1F.Cl. The fraction of sp³-hybridized carbons (Fsp3) is 0.400. The predicted octanol–water partition coefficient (Wildman–Crippen LogP) is 1.90. The molecule has 0 aromatic heterocycles. The summed E-state index contributed by atoms with van der Waals surface area (Å²) >= 11 is 3.11. The molecule has 1 aromatic rings. The molecule has 0 heterocycles. The Morgan fingerprint density at radius 3 is 2.61 bits per heavy atom. The van der Waals surface area contributed by atoms with Crippen LogP contribution >= 0.6 is 28.3 Å². The van der Waals surface area contributed by atoms with Crippen LogP contribution in [0.2, 0.25) is 0 Å². The molecule has 2 N–H and O–H groups in total. The lowest BCUT2D eigenvalue weighted by atomic mass is 10.3. The number of nitrogens with one attached hydrogen (secondary N) is 2. The van der Waals surface area contributed by atoms with E-state index in [-0.39, 0.29) is 23.8 Å². The average molecular weight is 362 g/mol. The second-order valence-corrected chi connectivity index (χ2v) is 6.08. The summed E-state index contributed by atoms with van der Waals surface area (Å²) in [5, 5.41) is 2.90. The molecule has 0 aliphatic rings. The molecule has 0 aliphatic heterocycles. The minimum absolute atomic E-state index is 0. The van der Waals surface area contributed by atoms with E-state index < -0.39 is 15.8 Å². The third-order valence-corrected chi connectivity index (χ3v) is 4.05. The molecule has 1 rings (SSSR count). The summed E-state index contributed by atoms with van der Waals surface area (Å²) in [6.45, 7) is 0.971. The van der Waals surface area contributed by atoms with Crippen molar-refractivity contribution in [2.45, 2.75) is 11.3 Å². The van der Waals surface area contributed by atoms with Gasteiger partial charge >= 0.3 is 0 Å². The molecule has 0 aliphatic carbocycles. The second-order valence-electron chi connectivity index (χ2n) is 3.43. The molecule has 0 spiro atoms. The van der Waals surface area contributed by atoms with Crippen LogP contribution < -0.4 is 10.0 Å². The molecule has 0 saturated heterocycles. The highest BCUT2D eigenvalue weighted by molar-refractivity contribution is 9.10. The maximum Gasteiger partial charge on any atom is 0.243 e. The molecule has 0 radical (unpaired) electrons. The lowest BCUT2D eigenvalue weighted by Gasteiger charge is -2.07. The molecule has 0 bridgehead atoms. The van der Waals surface area contributed by atoms with Crippen LogP contribution in [0.4, 0.5) is 4.39 Å². The zero-order valence-electron chi connectivity index (χ0n) is 9.74. The summed E-state index contributed by atoms with van der Waals surface area (Å²) in [6, 6.07) is 3.82. The van der Waals surface area contributed by atoms with Gasteiger partial charge in [-0.15, -0.1) is 12.4 Å². The van der Waals surface area contributed by atoms with E-state index in [2.05, 4.69) is 26.0 Å². The van der Waals surface area contributed by atoms with Gasteiger partial charge in [0.1, 0.15) is 10.7 Å². The van der Waals surface area contributed by atoms with E-state index in [1.807, 2.05) is 0 Å². The number of halogens is 3. The van der Waals surface area contributed by atoms with Crippen molar-refractivity contribution in [1.82, 2.24) is 10.0 Å². The summed E-state index contributed by atoms with van der Waals surface area (Å²) in [7, 11) is -2.00. The Morgan fingerprint density at radius 1 is 1.33 bits per heavy atom. The Morgan fingerprint density at radius 2 is 2.00 bits per heavy atom. The first-order valence-corrected chi connectivity index (χ1v) is 7.34.